The van der Waals surface area contributed by atoms with Crippen LogP contribution in [0.25, 0.3) is 10.8 Å². The molecule has 25 heavy (non-hydrogen) atoms. The van der Waals surface area contributed by atoms with Gasteiger partial charge in [0.2, 0.25) is 0 Å². The van der Waals surface area contributed by atoms with Crippen LogP contribution in [-0.2, 0) is 15.2 Å². The van der Waals surface area contributed by atoms with Gasteiger partial charge in [0, 0.05) is 0 Å². The summed E-state index contributed by atoms with van der Waals surface area (Å²) in [7, 11) is 1.55. The molecule has 0 aliphatic carbocycles. The molecule has 1 unspecified atom stereocenters. The first-order valence-electron chi connectivity index (χ1n) is 7.61. The van der Waals surface area contributed by atoms with Crippen molar-refractivity contribution in [2.24, 2.45) is 0 Å². The molecule has 8 heteroatoms. The molecule has 0 bridgehead atoms. The number of hydrogen-bond acceptors (Lipinski definition) is 6. The molecular formula is C17H19NO7. The lowest BCUT2D eigenvalue weighted by molar-refractivity contribution is -0.767. The number of carbonyl (C=O) groups is 1. The first-order valence-corrected chi connectivity index (χ1v) is 7.61. The van der Waals surface area contributed by atoms with E-state index in [0.29, 0.717) is 5.75 Å². The molecule has 0 saturated carbocycles. The number of benzene rings is 2. The number of aliphatic hydroxyl groups is 1. The van der Waals surface area contributed by atoms with Crippen molar-refractivity contribution in [2.75, 3.05) is 7.11 Å². The predicted octanol–water partition coefficient (Wildman–Crippen LogP) is 2.50. The van der Waals surface area contributed by atoms with Crippen molar-refractivity contribution in [3.05, 3.63) is 52.1 Å². The van der Waals surface area contributed by atoms with Crippen molar-refractivity contribution in [3.8, 4) is 5.75 Å². The van der Waals surface area contributed by atoms with E-state index in [9.17, 15) is 25.1 Å². The third-order valence-corrected chi connectivity index (χ3v) is 4.06. The Balaban J connectivity index is 2.30. The second-order valence-electron chi connectivity index (χ2n) is 5.77. The fourth-order valence-corrected chi connectivity index (χ4v) is 2.59. The largest absolute Gasteiger partial charge is 0.497 e. The van der Waals surface area contributed by atoms with E-state index in [-0.39, 0.29) is 18.4 Å². The standard InChI is InChI=1S/C17H19NO7/c1-11(25-18(22)23)7-8-17(21,16(19)20)14-5-3-13-10-15(24-2)6-4-12(13)9-14/h3-6,9-11,21H,7-8H2,1-2H3,(H,19,20)/t11-,17?/m0/s1. The van der Waals surface area contributed by atoms with Gasteiger partial charge in [-0.1, -0.05) is 18.2 Å². The second kappa shape index (κ2) is 7.35. The molecule has 2 atom stereocenters. The molecule has 0 aliphatic rings. The van der Waals surface area contributed by atoms with Gasteiger partial charge >= 0.3 is 5.97 Å². The number of nitrogens with zero attached hydrogens (tertiary/aromatic N) is 1. The summed E-state index contributed by atoms with van der Waals surface area (Å²) in [5.41, 5.74) is -1.96. The minimum atomic E-state index is -2.16. The lowest BCUT2D eigenvalue weighted by atomic mass is 9.87. The molecule has 2 rings (SSSR count). The lowest BCUT2D eigenvalue weighted by Gasteiger charge is -2.25. The van der Waals surface area contributed by atoms with Gasteiger partial charge < -0.3 is 19.8 Å². The normalized spacial score (nSPS) is 14.5. The number of methoxy groups -OCH3 is 1. The summed E-state index contributed by atoms with van der Waals surface area (Å²) < 4.78 is 5.14. The van der Waals surface area contributed by atoms with Crippen LogP contribution in [0.2, 0.25) is 0 Å². The fourth-order valence-electron chi connectivity index (χ4n) is 2.59. The van der Waals surface area contributed by atoms with Gasteiger partial charge in [0.25, 0.3) is 5.09 Å². The van der Waals surface area contributed by atoms with Crippen LogP contribution in [0.1, 0.15) is 25.3 Å². The zero-order valence-corrected chi connectivity index (χ0v) is 13.8. The van der Waals surface area contributed by atoms with Gasteiger partial charge in [-0.15, -0.1) is 10.1 Å². The Morgan fingerprint density at radius 2 is 1.92 bits per heavy atom. The highest BCUT2D eigenvalue weighted by Gasteiger charge is 2.38. The molecular weight excluding hydrogens is 330 g/mol. The van der Waals surface area contributed by atoms with Gasteiger partial charge in [0.05, 0.1) is 7.11 Å². The Kier molecular flexibility index (Phi) is 5.43. The topological polar surface area (TPSA) is 119 Å². The van der Waals surface area contributed by atoms with E-state index in [4.69, 9.17) is 4.74 Å². The Morgan fingerprint density at radius 3 is 2.52 bits per heavy atom. The Labute approximate surface area is 143 Å². The van der Waals surface area contributed by atoms with Crippen LogP contribution in [0.5, 0.6) is 5.75 Å². The summed E-state index contributed by atoms with van der Waals surface area (Å²) in [5, 5.41) is 31.1. The van der Waals surface area contributed by atoms with E-state index in [1.54, 1.807) is 37.4 Å². The van der Waals surface area contributed by atoms with Crippen molar-refractivity contribution in [2.45, 2.75) is 31.5 Å². The molecule has 134 valence electrons. The quantitative estimate of drug-likeness (QED) is 0.555. The van der Waals surface area contributed by atoms with Gasteiger partial charge in [0.15, 0.2) is 5.60 Å². The molecule has 2 aromatic rings. The van der Waals surface area contributed by atoms with E-state index < -0.39 is 22.8 Å². The van der Waals surface area contributed by atoms with Crippen molar-refractivity contribution in [1.29, 1.82) is 0 Å². The number of rotatable bonds is 8. The molecule has 8 nitrogen and oxygen atoms in total. The van der Waals surface area contributed by atoms with Crippen LogP contribution < -0.4 is 4.74 Å². The molecule has 0 aliphatic heterocycles. The summed E-state index contributed by atoms with van der Waals surface area (Å²) in [6, 6.07) is 10.1. The van der Waals surface area contributed by atoms with E-state index >= 15 is 0 Å². The molecule has 2 N–H and O–H groups in total. The van der Waals surface area contributed by atoms with E-state index in [1.807, 2.05) is 0 Å². The summed E-state index contributed by atoms with van der Waals surface area (Å²) in [5.74, 6) is -0.756. The first kappa shape index (κ1) is 18.5. The molecule has 0 heterocycles. The zero-order valence-electron chi connectivity index (χ0n) is 13.8. The summed E-state index contributed by atoms with van der Waals surface area (Å²) >= 11 is 0. The highest BCUT2D eigenvalue weighted by molar-refractivity contribution is 5.87. The highest BCUT2D eigenvalue weighted by Crippen LogP contribution is 2.31. The van der Waals surface area contributed by atoms with Gasteiger partial charge in [-0.2, -0.15) is 0 Å². The predicted molar refractivity (Wildman–Crippen MR) is 88.8 cm³/mol. The third kappa shape index (κ3) is 4.16. The number of carboxylic acid groups (broad SMARTS) is 1. The van der Waals surface area contributed by atoms with Crippen molar-refractivity contribution in [1.82, 2.24) is 0 Å². The van der Waals surface area contributed by atoms with Crippen LogP contribution in [-0.4, -0.2) is 34.5 Å². The monoisotopic (exact) mass is 349 g/mol. The molecule has 0 radical (unpaired) electrons. The van der Waals surface area contributed by atoms with E-state index in [0.717, 1.165) is 10.8 Å². The molecule has 0 fully saturated rings. The second-order valence-corrected chi connectivity index (χ2v) is 5.77. The number of fused-ring (bicyclic) bond motifs is 1. The maximum Gasteiger partial charge on any atom is 0.340 e. The average Bonchev–Trinajstić information content (AvgIpc) is 2.57. The Morgan fingerprint density at radius 1 is 1.28 bits per heavy atom. The molecule has 0 aromatic heterocycles. The maximum absolute atomic E-state index is 11.6. The lowest BCUT2D eigenvalue weighted by Crippen LogP contribution is -2.36. The van der Waals surface area contributed by atoms with Crippen LogP contribution in [0.4, 0.5) is 0 Å². The van der Waals surface area contributed by atoms with E-state index in [1.165, 1.54) is 13.0 Å². The molecule has 0 amide bonds. The first-order chi connectivity index (χ1) is 11.8. The minimum Gasteiger partial charge on any atom is -0.497 e. The smallest absolute Gasteiger partial charge is 0.340 e. The number of carboxylic acids is 1. The third-order valence-electron chi connectivity index (χ3n) is 4.06. The molecule has 2 aromatic carbocycles. The van der Waals surface area contributed by atoms with Gasteiger partial charge in [-0.3, -0.25) is 0 Å². The molecule has 0 spiro atoms. The average molecular weight is 349 g/mol. The number of ether oxygens (including phenoxy) is 1. The van der Waals surface area contributed by atoms with Crippen molar-refractivity contribution < 1.29 is 29.7 Å². The SMILES string of the molecule is COc1ccc2cc(C(O)(CC[C@H](C)O[N+](=O)[O-])C(=O)O)ccc2c1. The van der Waals surface area contributed by atoms with Gasteiger partial charge in [-0.25, -0.2) is 4.79 Å². The highest BCUT2D eigenvalue weighted by atomic mass is 17.0. The number of hydrogen-bond donors (Lipinski definition) is 2. The van der Waals surface area contributed by atoms with Gasteiger partial charge in [0.1, 0.15) is 11.9 Å². The number of aliphatic carboxylic acids is 1. The zero-order chi connectivity index (χ0) is 18.6. The van der Waals surface area contributed by atoms with Gasteiger partial charge in [-0.05, 0) is 54.3 Å². The van der Waals surface area contributed by atoms with Crippen LogP contribution in [0.3, 0.4) is 0 Å². The fraction of sp³-hybridized carbons (Fsp3) is 0.353. The van der Waals surface area contributed by atoms with Crippen molar-refractivity contribution in [3.63, 3.8) is 0 Å². The summed E-state index contributed by atoms with van der Waals surface area (Å²) in [6.45, 7) is 1.44. The Bertz CT molecular complexity index is 792. The van der Waals surface area contributed by atoms with Crippen LogP contribution in [0.15, 0.2) is 36.4 Å². The van der Waals surface area contributed by atoms with Crippen molar-refractivity contribution >= 4 is 16.7 Å². The van der Waals surface area contributed by atoms with Crippen LogP contribution in [0, 0.1) is 10.1 Å². The summed E-state index contributed by atoms with van der Waals surface area (Å²) in [4.78, 5) is 26.3. The van der Waals surface area contributed by atoms with E-state index in [2.05, 4.69) is 4.84 Å². The molecule has 0 saturated heterocycles. The van der Waals surface area contributed by atoms with Crippen LogP contribution >= 0.6 is 0 Å². The maximum atomic E-state index is 11.6. The minimum absolute atomic E-state index is 0.00439. The summed E-state index contributed by atoms with van der Waals surface area (Å²) in [6.07, 6.45) is -1.05. The Hall–Kier alpha value is -2.87.